The van der Waals surface area contributed by atoms with Gasteiger partial charge >= 0.3 is 0 Å². The molecule has 0 saturated heterocycles. The Kier molecular flexibility index (Phi) is 4.19. The minimum Gasteiger partial charge on any atom is -0.450 e. The van der Waals surface area contributed by atoms with Crippen LogP contribution in [-0.4, -0.2) is 5.11 Å². The van der Waals surface area contributed by atoms with E-state index in [2.05, 4.69) is 31.9 Å². The normalized spacial score (nSPS) is 12.7. The third-order valence-electron chi connectivity index (χ3n) is 2.42. The van der Waals surface area contributed by atoms with Gasteiger partial charge in [-0.2, -0.15) is 0 Å². The number of hydrogen-bond acceptors (Lipinski definition) is 2. The Morgan fingerprint density at radius 3 is 2.50 bits per heavy atom. The van der Waals surface area contributed by atoms with E-state index in [0.29, 0.717) is 14.9 Å². The maximum atomic E-state index is 13.4. The van der Waals surface area contributed by atoms with Crippen LogP contribution in [0.25, 0.3) is 0 Å². The molecule has 0 spiro atoms. The smallest absolute Gasteiger partial charge is 0.183 e. The lowest BCUT2D eigenvalue weighted by Crippen LogP contribution is -2.02. The first kappa shape index (κ1) is 13.7. The predicted octanol–water partition coefficient (Wildman–Crippen LogP) is 4.36. The summed E-state index contributed by atoms with van der Waals surface area (Å²) >= 11 is 6.36. The second-order valence-electron chi connectivity index (χ2n) is 3.73. The number of benzene rings is 1. The van der Waals surface area contributed by atoms with E-state index < -0.39 is 17.7 Å². The zero-order valence-corrected chi connectivity index (χ0v) is 12.1. The summed E-state index contributed by atoms with van der Waals surface area (Å²) in [6, 6.07) is 4.84. The standard InChI is InChI=1S/C12H8Br2F2O2/c13-8-5-11(18-12(8)14)10(17)3-6-1-2-7(15)4-9(6)16/h1-2,4-5,10,17H,3H2. The van der Waals surface area contributed by atoms with Crippen molar-refractivity contribution in [3.05, 3.63) is 56.4 Å². The molecule has 0 saturated carbocycles. The highest BCUT2D eigenvalue weighted by Gasteiger charge is 2.17. The second-order valence-corrected chi connectivity index (χ2v) is 5.30. The first-order chi connectivity index (χ1) is 8.47. The van der Waals surface area contributed by atoms with Crippen LogP contribution in [0, 0.1) is 11.6 Å². The summed E-state index contributed by atoms with van der Waals surface area (Å²) in [7, 11) is 0. The van der Waals surface area contributed by atoms with Crippen LogP contribution in [0.4, 0.5) is 8.78 Å². The van der Waals surface area contributed by atoms with Crippen molar-refractivity contribution in [2.45, 2.75) is 12.5 Å². The molecule has 1 aromatic heterocycles. The topological polar surface area (TPSA) is 33.4 Å². The van der Waals surface area contributed by atoms with Gasteiger partial charge in [-0.25, -0.2) is 8.78 Å². The fourth-order valence-electron chi connectivity index (χ4n) is 1.52. The molecule has 0 aliphatic rings. The fourth-order valence-corrected chi connectivity index (χ4v) is 2.13. The van der Waals surface area contributed by atoms with Gasteiger partial charge in [-0.3, -0.25) is 0 Å². The van der Waals surface area contributed by atoms with Gasteiger partial charge in [0.25, 0.3) is 0 Å². The van der Waals surface area contributed by atoms with Gasteiger partial charge in [0.05, 0.1) is 4.47 Å². The zero-order valence-electron chi connectivity index (χ0n) is 8.96. The highest BCUT2D eigenvalue weighted by Crippen LogP contribution is 2.31. The van der Waals surface area contributed by atoms with Crippen LogP contribution < -0.4 is 0 Å². The Morgan fingerprint density at radius 2 is 1.94 bits per heavy atom. The summed E-state index contributed by atoms with van der Waals surface area (Å²) in [6.07, 6.45) is -0.981. The Balaban J connectivity index is 2.18. The lowest BCUT2D eigenvalue weighted by Gasteiger charge is -2.08. The van der Waals surface area contributed by atoms with Gasteiger partial charge in [0, 0.05) is 12.5 Å². The van der Waals surface area contributed by atoms with Crippen LogP contribution in [0.15, 0.2) is 37.8 Å². The van der Waals surface area contributed by atoms with E-state index in [1.54, 1.807) is 6.07 Å². The van der Waals surface area contributed by atoms with Crippen LogP contribution >= 0.6 is 31.9 Å². The van der Waals surface area contributed by atoms with Crippen LogP contribution in [0.5, 0.6) is 0 Å². The molecule has 2 aromatic rings. The van der Waals surface area contributed by atoms with E-state index in [1.165, 1.54) is 6.07 Å². The van der Waals surface area contributed by atoms with E-state index in [9.17, 15) is 13.9 Å². The van der Waals surface area contributed by atoms with Crippen molar-refractivity contribution in [3.63, 3.8) is 0 Å². The van der Waals surface area contributed by atoms with Crippen molar-refractivity contribution in [3.8, 4) is 0 Å². The molecular formula is C12H8Br2F2O2. The van der Waals surface area contributed by atoms with E-state index in [-0.39, 0.29) is 12.0 Å². The maximum Gasteiger partial charge on any atom is 0.183 e. The molecule has 1 aromatic carbocycles. The number of halogens is 4. The Bertz CT molecular complexity index is 550. The molecule has 1 heterocycles. The van der Waals surface area contributed by atoms with E-state index in [4.69, 9.17) is 4.42 Å². The Labute approximate surface area is 119 Å². The fraction of sp³-hybridized carbons (Fsp3) is 0.167. The molecule has 0 amide bonds. The molecule has 0 aliphatic carbocycles. The van der Waals surface area contributed by atoms with Gasteiger partial charge in [0.2, 0.25) is 0 Å². The first-order valence-electron chi connectivity index (χ1n) is 5.04. The molecule has 1 N–H and O–H groups in total. The van der Waals surface area contributed by atoms with Gasteiger partial charge in [0.15, 0.2) is 4.67 Å². The van der Waals surface area contributed by atoms with Gasteiger partial charge in [0.1, 0.15) is 23.5 Å². The molecule has 0 radical (unpaired) electrons. The molecule has 0 fully saturated rings. The van der Waals surface area contributed by atoms with E-state index >= 15 is 0 Å². The summed E-state index contributed by atoms with van der Waals surface area (Å²) in [5.74, 6) is -1.02. The monoisotopic (exact) mass is 380 g/mol. The van der Waals surface area contributed by atoms with Crippen molar-refractivity contribution < 1.29 is 18.3 Å². The average Bonchev–Trinajstić information content (AvgIpc) is 2.63. The van der Waals surface area contributed by atoms with Gasteiger partial charge in [-0.15, -0.1) is 0 Å². The van der Waals surface area contributed by atoms with Gasteiger partial charge in [-0.05, 0) is 49.6 Å². The molecule has 1 unspecified atom stereocenters. The van der Waals surface area contributed by atoms with Crippen molar-refractivity contribution in [1.82, 2.24) is 0 Å². The molecule has 18 heavy (non-hydrogen) atoms. The molecule has 2 nitrogen and oxygen atoms in total. The molecule has 2 rings (SSSR count). The van der Waals surface area contributed by atoms with E-state index in [0.717, 1.165) is 12.1 Å². The van der Waals surface area contributed by atoms with Gasteiger partial charge < -0.3 is 9.52 Å². The van der Waals surface area contributed by atoms with Crippen LogP contribution in [0.1, 0.15) is 17.4 Å². The van der Waals surface area contributed by atoms with Crippen LogP contribution in [0.3, 0.4) is 0 Å². The summed E-state index contributed by atoms with van der Waals surface area (Å²) in [5.41, 5.74) is 0.229. The second kappa shape index (κ2) is 5.50. The highest BCUT2D eigenvalue weighted by atomic mass is 79.9. The Morgan fingerprint density at radius 1 is 1.22 bits per heavy atom. The lowest BCUT2D eigenvalue weighted by molar-refractivity contribution is 0.147. The minimum atomic E-state index is -0.993. The number of hydrogen-bond donors (Lipinski definition) is 1. The molecule has 1 atom stereocenters. The number of aliphatic hydroxyl groups is 1. The zero-order chi connectivity index (χ0) is 13.3. The summed E-state index contributed by atoms with van der Waals surface area (Å²) < 4.78 is 32.5. The van der Waals surface area contributed by atoms with Crippen LogP contribution in [0.2, 0.25) is 0 Å². The van der Waals surface area contributed by atoms with Gasteiger partial charge in [-0.1, -0.05) is 6.07 Å². The number of aliphatic hydroxyl groups excluding tert-OH is 1. The number of furan rings is 1. The summed E-state index contributed by atoms with van der Waals surface area (Å²) in [6.45, 7) is 0. The summed E-state index contributed by atoms with van der Waals surface area (Å²) in [4.78, 5) is 0. The van der Waals surface area contributed by atoms with Crippen LogP contribution in [-0.2, 0) is 6.42 Å². The third kappa shape index (κ3) is 2.99. The van der Waals surface area contributed by atoms with Crippen molar-refractivity contribution in [2.75, 3.05) is 0 Å². The van der Waals surface area contributed by atoms with E-state index in [1.807, 2.05) is 0 Å². The third-order valence-corrected chi connectivity index (χ3v) is 4.13. The van der Waals surface area contributed by atoms with Crippen molar-refractivity contribution in [1.29, 1.82) is 0 Å². The highest BCUT2D eigenvalue weighted by molar-refractivity contribution is 9.13. The van der Waals surface area contributed by atoms with Crippen molar-refractivity contribution in [2.24, 2.45) is 0 Å². The molecule has 0 bridgehead atoms. The minimum absolute atomic E-state index is 0.0124. The lowest BCUT2D eigenvalue weighted by atomic mass is 10.1. The largest absolute Gasteiger partial charge is 0.450 e. The molecular weight excluding hydrogens is 374 g/mol. The SMILES string of the molecule is OC(Cc1ccc(F)cc1F)c1cc(Br)c(Br)o1. The quantitative estimate of drug-likeness (QED) is 0.856. The first-order valence-corrected chi connectivity index (χ1v) is 6.62. The predicted molar refractivity (Wildman–Crippen MR) is 69.1 cm³/mol. The maximum absolute atomic E-state index is 13.4. The summed E-state index contributed by atoms with van der Waals surface area (Å²) in [5, 5.41) is 9.91. The number of rotatable bonds is 3. The van der Waals surface area contributed by atoms with Crippen molar-refractivity contribution >= 4 is 31.9 Å². The molecule has 6 heteroatoms. The molecule has 96 valence electrons. The average molecular weight is 382 g/mol. The molecule has 0 aliphatic heterocycles. The Hall–Kier alpha value is -0.720.